The largest absolute Gasteiger partial charge is 0.391 e. The summed E-state index contributed by atoms with van der Waals surface area (Å²) < 4.78 is 42.9. The van der Waals surface area contributed by atoms with Crippen LogP contribution < -0.4 is 10.2 Å². The summed E-state index contributed by atoms with van der Waals surface area (Å²) in [5, 5.41) is 7.12. The average molecular weight is 290 g/mol. The predicted molar refractivity (Wildman–Crippen MR) is 65.5 cm³/mol. The van der Waals surface area contributed by atoms with Gasteiger partial charge in [0.2, 0.25) is 5.89 Å². The zero-order valence-corrected chi connectivity index (χ0v) is 11.2. The lowest BCUT2D eigenvalue weighted by atomic mass is 9.63. The number of nitrogens with one attached hydrogen (secondary N) is 1. The van der Waals surface area contributed by atoms with Crippen molar-refractivity contribution in [3.05, 3.63) is 5.89 Å². The summed E-state index contributed by atoms with van der Waals surface area (Å²) in [4.78, 5) is 6.28. The van der Waals surface area contributed by atoms with E-state index in [4.69, 9.17) is 4.52 Å². The minimum atomic E-state index is -4.12. The van der Waals surface area contributed by atoms with Crippen LogP contribution in [0.4, 0.5) is 19.1 Å². The first-order chi connectivity index (χ1) is 9.38. The second-order valence-corrected chi connectivity index (χ2v) is 5.84. The molecule has 0 spiro atoms. The summed E-state index contributed by atoms with van der Waals surface area (Å²) in [5.41, 5.74) is -0.639. The average Bonchev–Trinajstić information content (AvgIpc) is 2.85. The van der Waals surface area contributed by atoms with Crippen LogP contribution in [0.1, 0.15) is 25.7 Å². The monoisotopic (exact) mass is 290 g/mol. The molecule has 0 radical (unpaired) electrons. The Balaban J connectivity index is 1.68. The SMILES string of the molecule is CC1(c2nc(N3CCNCC3)no2)CC(C(F)(F)F)C1. The van der Waals surface area contributed by atoms with Gasteiger partial charge in [-0.2, -0.15) is 18.2 Å². The Labute approximate surface area is 114 Å². The fourth-order valence-corrected chi connectivity index (χ4v) is 2.89. The zero-order valence-electron chi connectivity index (χ0n) is 11.2. The van der Waals surface area contributed by atoms with Crippen LogP contribution in [0.3, 0.4) is 0 Å². The zero-order chi connectivity index (χ0) is 14.4. The topological polar surface area (TPSA) is 54.2 Å². The molecule has 1 saturated heterocycles. The molecule has 1 saturated carbocycles. The molecule has 0 bridgehead atoms. The lowest BCUT2D eigenvalue weighted by Gasteiger charge is -2.42. The minimum absolute atomic E-state index is 0.0275. The van der Waals surface area contributed by atoms with Gasteiger partial charge in [-0.3, -0.25) is 0 Å². The number of anilines is 1. The molecule has 0 atom stereocenters. The number of alkyl halides is 3. The molecule has 0 amide bonds. The lowest BCUT2D eigenvalue weighted by Crippen LogP contribution is -2.46. The number of hydrogen-bond donors (Lipinski definition) is 1. The van der Waals surface area contributed by atoms with Crippen molar-refractivity contribution in [3.63, 3.8) is 0 Å². The third-order valence-electron chi connectivity index (χ3n) is 4.19. The van der Waals surface area contributed by atoms with Crippen molar-refractivity contribution in [1.29, 1.82) is 0 Å². The maximum Gasteiger partial charge on any atom is 0.391 e. The molecule has 0 unspecified atom stereocenters. The fourth-order valence-electron chi connectivity index (χ4n) is 2.89. The second-order valence-electron chi connectivity index (χ2n) is 5.84. The first-order valence-corrected chi connectivity index (χ1v) is 6.75. The highest BCUT2D eigenvalue weighted by Gasteiger charge is 2.56. The molecule has 20 heavy (non-hydrogen) atoms. The highest BCUT2D eigenvalue weighted by Crippen LogP contribution is 2.53. The van der Waals surface area contributed by atoms with Gasteiger partial charge in [-0.25, -0.2) is 0 Å². The van der Waals surface area contributed by atoms with E-state index in [-0.39, 0.29) is 12.8 Å². The summed E-state index contributed by atoms with van der Waals surface area (Å²) in [6, 6.07) is 0. The fraction of sp³-hybridized carbons (Fsp3) is 0.833. The highest BCUT2D eigenvalue weighted by atomic mass is 19.4. The van der Waals surface area contributed by atoms with E-state index in [1.165, 1.54) is 0 Å². The minimum Gasteiger partial charge on any atom is -0.337 e. The van der Waals surface area contributed by atoms with Crippen LogP contribution in [-0.4, -0.2) is 42.5 Å². The Bertz CT molecular complexity index is 475. The predicted octanol–water partition coefficient (Wildman–Crippen LogP) is 1.71. The maximum atomic E-state index is 12.6. The van der Waals surface area contributed by atoms with Crippen molar-refractivity contribution >= 4 is 5.95 Å². The van der Waals surface area contributed by atoms with Gasteiger partial charge in [0.25, 0.3) is 5.95 Å². The molecule has 2 heterocycles. The number of halogens is 3. The Morgan fingerprint density at radius 2 is 1.95 bits per heavy atom. The molecule has 1 aromatic rings. The maximum absolute atomic E-state index is 12.6. The highest BCUT2D eigenvalue weighted by molar-refractivity contribution is 5.30. The Morgan fingerprint density at radius 3 is 2.55 bits per heavy atom. The van der Waals surface area contributed by atoms with Crippen LogP contribution in [0.2, 0.25) is 0 Å². The van der Waals surface area contributed by atoms with Crippen molar-refractivity contribution in [1.82, 2.24) is 15.5 Å². The molecule has 112 valence electrons. The number of hydrogen-bond acceptors (Lipinski definition) is 5. The molecule has 1 aromatic heterocycles. The molecular weight excluding hydrogens is 273 g/mol. The van der Waals surface area contributed by atoms with Gasteiger partial charge in [-0.15, -0.1) is 0 Å². The number of nitrogens with zero attached hydrogens (tertiary/aromatic N) is 3. The first kappa shape index (κ1) is 13.7. The van der Waals surface area contributed by atoms with Crippen molar-refractivity contribution in [2.75, 3.05) is 31.1 Å². The van der Waals surface area contributed by atoms with Crippen LogP contribution >= 0.6 is 0 Å². The van der Waals surface area contributed by atoms with E-state index < -0.39 is 17.5 Å². The summed E-state index contributed by atoms with van der Waals surface area (Å²) in [5.74, 6) is -0.438. The Kier molecular flexibility index (Phi) is 3.15. The third-order valence-corrected chi connectivity index (χ3v) is 4.19. The van der Waals surface area contributed by atoms with E-state index in [9.17, 15) is 13.2 Å². The van der Waals surface area contributed by atoms with Gasteiger partial charge in [0.15, 0.2) is 0 Å². The number of rotatable bonds is 2. The summed E-state index contributed by atoms with van der Waals surface area (Å²) in [6.45, 7) is 5.00. The van der Waals surface area contributed by atoms with Gasteiger partial charge in [0, 0.05) is 31.6 Å². The molecular formula is C12H17F3N4O. The van der Waals surface area contributed by atoms with Crippen LogP contribution in [0, 0.1) is 5.92 Å². The molecule has 2 fully saturated rings. The van der Waals surface area contributed by atoms with E-state index in [2.05, 4.69) is 15.5 Å². The first-order valence-electron chi connectivity index (χ1n) is 6.75. The molecule has 0 aromatic carbocycles. The van der Waals surface area contributed by atoms with E-state index >= 15 is 0 Å². The van der Waals surface area contributed by atoms with E-state index in [1.807, 2.05) is 4.90 Å². The number of aromatic nitrogens is 2. The van der Waals surface area contributed by atoms with Crippen molar-refractivity contribution in [3.8, 4) is 0 Å². The van der Waals surface area contributed by atoms with E-state index in [1.54, 1.807) is 6.92 Å². The van der Waals surface area contributed by atoms with Gasteiger partial charge < -0.3 is 14.7 Å². The molecule has 1 aliphatic carbocycles. The summed E-state index contributed by atoms with van der Waals surface area (Å²) in [7, 11) is 0. The van der Waals surface area contributed by atoms with Crippen molar-refractivity contribution < 1.29 is 17.7 Å². The molecule has 3 rings (SSSR count). The Morgan fingerprint density at radius 1 is 1.30 bits per heavy atom. The molecule has 1 aliphatic heterocycles. The molecule has 1 N–H and O–H groups in total. The van der Waals surface area contributed by atoms with Crippen LogP contribution in [-0.2, 0) is 5.41 Å². The van der Waals surface area contributed by atoms with Crippen LogP contribution in [0.15, 0.2) is 4.52 Å². The standard InChI is InChI=1S/C12H17F3N4O/c1-11(6-8(7-11)12(13,14)15)9-17-10(18-20-9)19-4-2-16-3-5-19/h8,16H,2-7H2,1H3. The molecule has 2 aliphatic rings. The quantitative estimate of drug-likeness (QED) is 0.898. The third kappa shape index (κ3) is 2.36. The molecule has 5 nitrogen and oxygen atoms in total. The summed E-state index contributed by atoms with van der Waals surface area (Å²) in [6.07, 6.45) is -4.07. The van der Waals surface area contributed by atoms with Crippen molar-refractivity contribution in [2.24, 2.45) is 5.92 Å². The summed E-state index contributed by atoms with van der Waals surface area (Å²) >= 11 is 0. The van der Waals surface area contributed by atoms with Gasteiger partial charge in [0.1, 0.15) is 0 Å². The lowest BCUT2D eigenvalue weighted by molar-refractivity contribution is -0.210. The Hall–Kier alpha value is -1.31. The van der Waals surface area contributed by atoms with E-state index in [0.717, 1.165) is 26.2 Å². The normalized spacial score (nSPS) is 31.2. The van der Waals surface area contributed by atoms with Crippen molar-refractivity contribution in [2.45, 2.75) is 31.4 Å². The van der Waals surface area contributed by atoms with Gasteiger partial charge in [-0.1, -0.05) is 6.92 Å². The molecule has 8 heteroatoms. The van der Waals surface area contributed by atoms with Crippen LogP contribution in [0.5, 0.6) is 0 Å². The number of piperazine rings is 1. The van der Waals surface area contributed by atoms with Gasteiger partial charge >= 0.3 is 6.18 Å². The van der Waals surface area contributed by atoms with E-state index in [0.29, 0.717) is 11.8 Å². The smallest absolute Gasteiger partial charge is 0.337 e. The van der Waals surface area contributed by atoms with Crippen LogP contribution in [0.25, 0.3) is 0 Å². The second kappa shape index (κ2) is 4.61. The van der Waals surface area contributed by atoms with Gasteiger partial charge in [-0.05, 0) is 18.0 Å². The van der Waals surface area contributed by atoms with Gasteiger partial charge in [0.05, 0.1) is 5.92 Å².